The Kier molecular flexibility index (Phi) is 7.07. The highest BCUT2D eigenvalue weighted by Crippen LogP contribution is 2.32. The van der Waals surface area contributed by atoms with E-state index < -0.39 is 27.8 Å². The number of anilines is 1. The number of benzene rings is 1. The molecule has 1 amide bonds. The molecule has 36 heavy (non-hydrogen) atoms. The maximum absolute atomic E-state index is 13.4. The number of carboxylic acids is 1. The number of carbonyl (C=O) groups is 2. The maximum Gasteiger partial charge on any atom is 0.324 e. The molecule has 1 atom stereocenters. The predicted molar refractivity (Wildman–Crippen MR) is 137 cm³/mol. The molecule has 0 spiro atoms. The van der Waals surface area contributed by atoms with Crippen molar-refractivity contribution in [3.8, 4) is 5.82 Å². The number of amides is 1. The van der Waals surface area contributed by atoms with Crippen LogP contribution in [0.4, 0.5) is 5.69 Å². The van der Waals surface area contributed by atoms with Crippen molar-refractivity contribution in [1.82, 2.24) is 19.7 Å². The van der Waals surface area contributed by atoms with Crippen LogP contribution in [0.2, 0.25) is 0 Å². The molecule has 1 aromatic carbocycles. The standard InChI is InChI=1S/C23H21Cl2N5O5S/c1-28(2)23(33)19-4-6-21(27-26-19)29-8-7-14-9-17(3-5-20(14)29)30(13-22(31)32)36(34,35)18-11-15(24)10-16(25)12-18/h3-11,18H,12-13H2,1-2H3,(H,31,32). The molecule has 1 aliphatic carbocycles. The molecule has 1 unspecified atom stereocenters. The highest BCUT2D eigenvalue weighted by atomic mass is 35.5. The number of allylic oxidation sites excluding steroid dienone is 3. The van der Waals surface area contributed by atoms with E-state index in [1.54, 1.807) is 55.2 Å². The topological polar surface area (TPSA) is 126 Å². The Morgan fingerprint density at radius 1 is 1.14 bits per heavy atom. The number of halogens is 2. The van der Waals surface area contributed by atoms with Crippen molar-refractivity contribution in [2.75, 3.05) is 24.9 Å². The molecule has 0 fully saturated rings. The van der Waals surface area contributed by atoms with E-state index in [9.17, 15) is 23.1 Å². The number of carboxylic acid groups (broad SMARTS) is 1. The average Bonchev–Trinajstić information content (AvgIpc) is 3.24. The maximum atomic E-state index is 13.4. The summed E-state index contributed by atoms with van der Waals surface area (Å²) in [7, 11) is -0.934. The molecule has 0 bridgehead atoms. The molecule has 0 radical (unpaired) electrons. The zero-order chi connectivity index (χ0) is 26.2. The van der Waals surface area contributed by atoms with Crippen molar-refractivity contribution in [2.24, 2.45) is 0 Å². The van der Waals surface area contributed by atoms with E-state index in [2.05, 4.69) is 10.2 Å². The zero-order valence-corrected chi connectivity index (χ0v) is 21.5. The van der Waals surface area contributed by atoms with Crippen LogP contribution in [0, 0.1) is 0 Å². The van der Waals surface area contributed by atoms with Gasteiger partial charge in [0.05, 0.1) is 11.2 Å². The fourth-order valence-electron chi connectivity index (χ4n) is 3.77. The lowest BCUT2D eigenvalue weighted by Gasteiger charge is -2.28. The quantitative estimate of drug-likeness (QED) is 0.478. The number of fused-ring (bicyclic) bond motifs is 1. The minimum Gasteiger partial charge on any atom is -0.480 e. The molecule has 10 nitrogen and oxygen atoms in total. The minimum atomic E-state index is -4.17. The molecule has 2 heterocycles. The normalized spacial score (nSPS) is 15.8. The second-order valence-electron chi connectivity index (χ2n) is 8.24. The van der Waals surface area contributed by atoms with Crippen LogP contribution in [0.5, 0.6) is 0 Å². The zero-order valence-electron chi connectivity index (χ0n) is 19.2. The summed E-state index contributed by atoms with van der Waals surface area (Å²) in [5.41, 5.74) is 1.05. The van der Waals surface area contributed by atoms with Crippen molar-refractivity contribution in [3.05, 3.63) is 70.5 Å². The first kappa shape index (κ1) is 25.7. The van der Waals surface area contributed by atoms with Crippen molar-refractivity contribution >= 4 is 61.7 Å². The number of sulfonamides is 1. The van der Waals surface area contributed by atoms with Crippen LogP contribution in [0.1, 0.15) is 16.9 Å². The summed E-state index contributed by atoms with van der Waals surface area (Å²) in [6.07, 6.45) is 4.50. The number of carbonyl (C=O) groups excluding carboxylic acids is 1. The van der Waals surface area contributed by atoms with Gasteiger partial charge < -0.3 is 10.0 Å². The lowest BCUT2D eigenvalue weighted by atomic mass is 10.2. The number of hydrogen-bond donors (Lipinski definition) is 1. The van der Waals surface area contributed by atoms with E-state index in [-0.39, 0.29) is 33.8 Å². The number of rotatable bonds is 7. The Balaban J connectivity index is 1.70. The first-order chi connectivity index (χ1) is 17.0. The highest BCUT2D eigenvalue weighted by Gasteiger charge is 2.34. The Morgan fingerprint density at radius 3 is 2.50 bits per heavy atom. The lowest BCUT2D eigenvalue weighted by Crippen LogP contribution is -2.41. The fourth-order valence-corrected chi connectivity index (χ4v) is 6.30. The molecule has 2 aromatic heterocycles. The first-order valence-electron chi connectivity index (χ1n) is 10.6. The van der Waals surface area contributed by atoms with Gasteiger partial charge in [-0.15, -0.1) is 10.2 Å². The second-order valence-corrected chi connectivity index (χ2v) is 11.2. The van der Waals surface area contributed by atoms with Gasteiger partial charge in [0.25, 0.3) is 5.91 Å². The highest BCUT2D eigenvalue weighted by molar-refractivity contribution is 7.93. The Bertz CT molecular complexity index is 1510. The predicted octanol–water partition coefficient (Wildman–Crippen LogP) is 3.36. The molecule has 1 N–H and O–H groups in total. The Morgan fingerprint density at radius 2 is 1.89 bits per heavy atom. The van der Waals surface area contributed by atoms with Gasteiger partial charge in [0.15, 0.2) is 11.5 Å². The largest absolute Gasteiger partial charge is 0.480 e. The lowest BCUT2D eigenvalue weighted by molar-refractivity contribution is -0.135. The van der Waals surface area contributed by atoms with E-state index in [4.69, 9.17) is 23.2 Å². The van der Waals surface area contributed by atoms with Gasteiger partial charge in [0, 0.05) is 42.2 Å². The number of nitrogens with zero attached hydrogens (tertiary/aromatic N) is 5. The summed E-state index contributed by atoms with van der Waals surface area (Å²) in [5, 5.41) is 17.5. The summed E-state index contributed by atoms with van der Waals surface area (Å²) < 4.78 is 29.4. The van der Waals surface area contributed by atoms with Crippen molar-refractivity contribution < 1.29 is 23.1 Å². The van der Waals surface area contributed by atoms with Gasteiger partial charge >= 0.3 is 5.97 Å². The molecule has 0 saturated carbocycles. The van der Waals surface area contributed by atoms with Crippen LogP contribution in [0.3, 0.4) is 0 Å². The summed E-state index contributed by atoms with van der Waals surface area (Å²) in [5.74, 6) is -1.14. The van der Waals surface area contributed by atoms with E-state index in [1.807, 2.05) is 0 Å². The molecule has 1 aliphatic rings. The molecule has 4 rings (SSSR count). The average molecular weight is 550 g/mol. The van der Waals surface area contributed by atoms with Gasteiger partial charge in [-0.2, -0.15) is 0 Å². The van der Waals surface area contributed by atoms with Gasteiger partial charge in [-0.05, 0) is 48.6 Å². The summed E-state index contributed by atoms with van der Waals surface area (Å²) in [6, 6.07) is 9.70. The van der Waals surface area contributed by atoms with Crippen molar-refractivity contribution in [1.29, 1.82) is 0 Å². The van der Waals surface area contributed by atoms with Gasteiger partial charge in [-0.3, -0.25) is 18.5 Å². The minimum absolute atomic E-state index is 0.0140. The molecular formula is C23H21Cl2N5O5S. The van der Waals surface area contributed by atoms with Crippen LogP contribution in [-0.4, -0.2) is 71.0 Å². The van der Waals surface area contributed by atoms with Gasteiger partial charge in [0.2, 0.25) is 10.0 Å². The molecule has 188 valence electrons. The van der Waals surface area contributed by atoms with E-state index >= 15 is 0 Å². The van der Waals surface area contributed by atoms with Crippen LogP contribution in [-0.2, 0) is 14.8 Å². The van der Waals surface area contributed by atoms with Gasteiger partial charge in [0.1, 0.15) is 11.8 Å². The van der Waals surface area contributed by atoms with Crippen LogP contribution >= 0.6 is 23.2 Å². The van der Waals surface area contributed by atoms with Crippen molar-refractivity contribution in [2.45, 2.75) is 11.7 Å². The number of aliphatic carboxylic acids is 1. The molecular weight excluding hydrogens is 529 g/mol. The van der Waals surface area contributed by atoms with Crippen molar-refractivity contribution in [3.63, 3.8) is 0 Å². The van der Waals surface area contributed by atoms with E-state index in [0.717, 1.165) is 4.31 Å². The third kappa shape index (κ3) is 5.08. The summed E-state index contributed by atoms with van der Waals surface area (Å²) >= 11 is 12.1. The van der Waals surface area contributed by atoms with Gasteiger partial charge in [-0.25, -0.2) is 8.42 Å². The number of aromatic nitrogens is 3. The molecule has 0 aliphatic heterocycles. The van der Waals surface area contributed by atoms with Crippen LogP contribution in [0.25, 0.3) is 16.7 Å². The SMILES string of the molecule is CN(C)C(=O)c1ccc(-n2ccc3cc(N(CC(=O)O)S(=O)(=O)C4C=C(Cl)C=C(Cl)C4)ccc32)nn1. The molecule has 13 heteroatoms. The first-order valence-corrected chi connectivity index (χ1v) is 12.9. The fraction of sp³-hybridized carbons (Fsp3) is 0.217. The van der Waals surface area contributed by atoms with E-state index in [1.165, 1.54) is 23.1 Å². The smallest absolute Gasteiger partial charge is 0.324 e. The third-order valence-corrected chi connectivity index (χ3v) is 8.01. The monoisotopic (exact) mass is 549 g/mol. The number of hydrogen-bond acceptors (Lipinski definition) is 6. The molecule has 0 saturated heterocycles. The second kappa shape index (κ2) is 9.92. The van der Waals surface area contributed by atoms with Crippen LogP contribution < -0.4 is 4.31 Å². The summed E-state index contributed by atoms with van der Waals surface area (Å²) in [6.45, 7) is -0.773. The Labute approximate surface area is 217 Å². The Hall–Kier alpha value is -3.41. The van der Waals surface area contributed by atoms with Gasteiger partial charge in [-0.1, -0.05) is 23.2 Å². The molecule has 3 aromatic rings. The third-order valence-electron chi connectivity index (χ3n) is 5.49. The van der Waals surface area contributed by atoms with Crippen LogP contribution in [0.15, 0.2) is 64.8 Å². The summed E-state index contributed by atoms with van der Waals surface area (Å²) in [4.78, 5) is 25.0. The van der Waals surface area contributed by atoms with E-state index in [0.29, 0.717) is 16.7 Å².